The summed E-state index contributed by atoms with van der Waals surface area (Å²) in [6.45, 7) is 1.90. The summed E-state index contributed by atoms with van der Waals surface area (Å²) < 4.78 is 11.7. The molecule has 0 unspecified atom stereocenters. The van der Waals surface area contributed by atoms with Crippen LogP contribution in [0, 0.1) is 0 Å². The van der Waals surface area contributed by atoms with E-state index in [1.54, 1.807) is 0 Å². The van der Waals surface area contributed by atoms with Gasteiger partial charge in [-0.3, -0.25) is 0 Å². The number of aliphatic carboxylic acids is 1. The van der Waals surface area contributed by atoms with E-state index in [4.69, 9.17) is 15.3 Å². The molecule has 6 heteroatoms. The Balaban J connectivity index is 4.83. The standard InChI is InChI=1S/C7H10FNO4/c1-2-3-5(6(10)11)7(12,13)9-4-8/h2-3,9,12-13H,1,4H2,(H,10,11)/b5-3-. The molecule has 0 fully saturated rings. The number of carboxylic acids is 1. The molecule has 4 N–H and O–H groups in total. The Labute approximate surface area is 73.8 Å². The van der Waals surface area contributed by atoms with Crippen LogP contribution in [0.4, 0.5) is 4.39 Å². The average Bonchev–Trinajstić information content (AvgIpc) is 1.99. The third-order valence-electron chi connectivity index (χ3n) is 1.20. The molecule has 0 amide bonds. The van der Waals surface area contributed by atoms with Crippen molar-refractivity contribution in [1.29, 1.82) is 0 Å². The zero-order chi connectivity index (χ0) is 10.5. The molecule has 0 saturated carbocycles. The first-order valence-electron chi connectivity index (χ1n) is 3.28. The molecular formula is C7H10FNO4. The first-order valence-corrected chi connectivity index (χ1v) is 3.28. The van der Waals surface area contributed by atoms with Gasteiger partial charge < -0.3 is 15.3 Å². The summed E-state index contributed by atoms with van der Waals surface area (Å²) in [4.78, 5) is 10.4. The Morgan fingerprint density at radius 1 is 1.62 bits per heavy atom. The summed E-state index contributed by atoms with van der Waals surface area (Å²) in [5.74, 6) is -4.47. The Bertz CT molecular complexity index is 237. The third kappa shape index (κ3) is 3.32. The van der Waals surface area contributed by atoms with E-state index in [2.05, 4.69) is 6.58 Å². The molecule has 0 aromatic carbocycles. The maximum absolute atomic E-state index is 11.7. The molecule has 0 aliphatic heterocycles. The molecular weight excluding hydrogens is 181 g/mol. The van der Waals surface area contributed by atoms with Gasteiger partial charge in [-0.2, -0.15) is 0 Å². The Morgan fingerprint density at radius 2 is 2.15 bits per heavy atom. The van der Waals surface area contributed by atoms with Crippen molar-refractivity contribution in [2.75, 3.05) is 6.80 Å². The van der Waals surface area contributed by atoms with Crippen LogP contribution in [0.1, 0.15) is 0 Å². The maximum atomic E-state index is 11.7. The highest BCUT2D eigenvalue weighted by Gasteiger charge is 2.32. The van der Waals surface area contributed by atoms with Gasteiger partial charge in [-0.05, 0) is 6.08 Å². The van der Waals surface area contributed by atoms with Crippen molar-refractivity contribution in [2.24, 2.45) is 0 Å². The summed E-state index contributed by atoms with van der Waals surface area (Å²) in [6, 6.07) is 0. The van der Waals surface area contributed by atoms with Crippen molar-refractivity contribution in [3.63, 3.8) is 0 Å². The van der Waals surface area contributed by atoms with Crippen LogP contribution in [0.2, 0.25) is 0 Å². The fourth-order valence-corrected chi connectivity index (χ4v) is 0.643. The molecule has 0 aliphatic rings. The lowest BCUT2D eigenvalue weighted by Crippen LogP contribution is -2.48. The molecule has 0 spiro atoms. The van der Waals surface area contributed by atoms with Crippen molar-refractivity contribution in [3.8, 4) is 0 Å². The lowest BCUT2D eigenvalue weighted by Gasteiger charge is -2.21. The van der Waals surface area contributed by atoms with E-state index in [-0.39, 0.29) is 0 Å². The van der Waals surface area contributed by atoms with Gasteiger partial charge in [-0.1, -0.05) is 12.7 Å². The van der Waals surface area contributed by atoms with E-state index in [1.807, 2.05) is 0 Å². The molecule has 0 rings (SSSR count). The normalized spacial score (nSPS) is 12.7. The Hall–Kier alpha value is -1.24. The van der Waals surface area contributed by atoms with Crippen molar-refractivity contribution >= 4 is 5.97 Å². The van der Waals surface area contributed by atoms with Crippen molar-refractivity contribution in [1.82, 2.24) is 5.32 Å². The molecule has 0 aliphatic carbocycles. The highest BCUT2D eigenvalue weighted by molar-refractivity contribution is 5.88. The van der Waals surface area contributed by atoms with Gasteiger partial charge in [0.05, 0.1) is 0 Å². The van der Waals surface area contributed by atoms with E-state index in [0.29, 0.717) is 0 Å². The van der Waals surface area contributed by atoms with E-state index >= 15 is 0 Å². The molecule has 0 saturated heterocycles. The van der Waals surface area contributed by atoms with Crippen LogP contribution in [-0.2, 0) is 4.79 Å². The van der Waals surface area contributed by atoms with Crippen LogP contribution in [0.5, 0.6) is 0 Å². The number of hydrogen-bond donors (Lipinski definition) is 4. The molecule has 0 heterocycles. The minimum Gasteiger partial charge on any atom is -0.478 e. The van der Waals surface area contributed by atoms with Crippen LogP contribution >= 0.6 is 0 Å². The zero-order valence-electron chi connectivity index (χ0n) is 6.70. The highest BCUT2D eigenvalue weighted by atomic mass is 19.1. The summed E-state index contributed by atoms with van der Waals surface area (Å²) in [5.41, 5.74) is -0.805. The van der Waals surface area contributed by atoms with Crippen LogP contribution in [0.15, 0.2) is 24.3 Å². The van der Waals surface area contributed by atoms with Crippen LogP contribution in [0.3, 0.4) is 0 Å². The van der Waals surface area contributed by atoms with Crippen molar-refractivity contribution < 1.29 is 24.5 Å². The molecule has 0 atom stereocenters. The quantitative estimate of drug-likeness (QED) is 0.200. The number of nitrogens with one attached hydrogen (secondary N) is 1. The molecule has 5 nitrogen and oxygen atoms in total. The Morgan fingerprint density at radius 3 is 2.46 bits per heavy atom. The fourth-order valence-electron chi connectivity index (χ4n) is 0.643. The van der Waals surface area contributed by atoms with E-state index < -0.39 is 24.3 Å². The first kappa shape index (κ1) is 11.8. The second-order valence-electron chi connectivity index (χ2n) is 2.10. The van der Waals surface area contributed by atoms with E-state index in [1.165, 1.54) is 5.32 Å². The predicted octanol–water partition coefficient (Wildman–Crippen LogP) is -0.662. The average molecular weight is 191 g/mol. The summed E-state index contributed by atoms with van der Waals surface area (Å²) >= 11 is 0. The number of aliphatic hydroxyl groups is 2. The lowest BCUT2D eigenvalue weighted by atomic mass is 10.2. The highest BCUT2D eigenvalue weighted by Crippen LogP contribution is 2.10. The van der Waals surface area contributed by atoms with Gasteiger partial charge in [0.1, 0.15) is 12.4 Å². The minimum absolute atomic E-state index is 0.805. The van der Waals surface area contributed by atoms with Gasteiger partial charge in [0.15, 0.2) is 0 Å². The predicted molar refractivity (Wildman–Crippen MR) is 42.2 cm³/mol. The SMILES string of the molecule is C=C/C=C(/C(=O)O)C(O)(O)NCF. The second-order valence-corrected chi connectivity index (χ2v) is 2.10. The number of carbonyl (C=O) groups is 1. The van der Waals surface area contributed by atoms with Gasteiger partial charge >= 0.3 is 5.97 Å². The molecule has 0 bridgehead atoms. The first-order chi connectivity index (χ1) is 5.95. The molecule has 0 aromatic heterocycles. The van der Waals surface area contributed by atoms with E-state index in [9.17, 15) is 9.18 Å². The fraction of sp³-hybridized carbons (Fsp3) is 0.286. The van der Waals surface area contributed by atoms with Gasteiger partial charge in [0.25, 0.3) is 5.91 Å². The minimum atomic E-state index is -2.89. The summed E-state index contributed by atoms with van der Waals surface area (Å²) in [6.07, 6.45) is 1.90. The summed E-state index contributed by atoms with van der Waals surface area (Å²) in [5, 5.41) is 28.0. The Kier molecular flexibility index (Phi) is 4.26. The van der Waals surface area contributed by atoms with Crippen LogP contribution < -0.4 is 5.32 Å². The van der Waals surface area contributed by atoms with Gasteiger partial charge in [0, 0.05) is 0 Å². The maximum Gasteiger partial charge on any atom is 0.338 e. The number of carboxylic acid groups (broad SMARTS) is 1. The van der Waals surface area contributed by atoms with Gasteiger partial charge in [0.2, 0.25) is 0 Å². The smallest absolute Gasteiger partial charge is 0.338 e. The number of hydrogen-bond acceptors (Lipinski definition) is 4. The molecule has 13 heavy (non-hydrogen) atoms. The number of allylic oxidation sites excluding steroid dienone is 2. The lowest BCUT2D eigenvalue weighted by molar-refractivity contribution is -0.170. The largest absolute Gasteiger partial charge is 0.478 e. The van der Waals surface area contributed by atoms with E-state index in [0.717, 1.165) is 12.2 Å². The topological polar surface area (TPSA) is 89.8 Å². The zero-order valence-corrected chi connectivity index (χ0v) is 6.70. The summed E-state index contributed by atoms with van der Waals surface area (Å²) in [7, 11) is 0. The van der Waals surface area contributed by atoms with Gasteiger partial charge in [-0.15, -0.1) is 0 Å². The van der Waals surface area contributed by atoms with Crippen molar-refractivity contribution in [2.45, 2.75) is 5.91 Å². The number of halogens is 1. The van der Waals surface area contributed by atoms with Crippen LogP contribution in [-0.4, -0.2) is 34.0 Å². The second kappa shape index (κ2) is 4.70. The number of alkyl halides is 1. The molecule has 74 valence electrons. The van der Waals surface area contributed by atoms with Crippen LogP contribution in [0.25, 0.3) is 0 Å². The molecule has 0 aromatic rings. The monoisotopic (exact) mass is 191 g/mol. The van der Waals surface area contributed by atoms with Gasteiger partial charge in [-0.25, -0.2) is 14.5 Å². The third-order valence-corrected chi connectivity index (χ3v) is 1.20. The molecule has 0 radical (unpaired) electrons. The van der Waals surface area contributed by atoms with Crippen molar-refractivity contribution in [3.05, 3.63) is 24.3 Å². The number of rotatable bonds is 5.